The number of hydrogen-bond acceptors (Lipinski definition) is 5. The van der Waals surface area contributed by atoms with Crippen LogP contribution in [0.15, 0.2) is 96.1 Å². The molecular formula is C27H22N2O4. The van der Waals surface area contributed by atoms with Crippen LogP contribution in [-0.4, -0.2) is 25.2 Å². The monoisotopic (exact) mass is 438 g/mol. The Bertz CT molecular complexity index is 1310. The minimum atomic E-state index is -0.477. The molecule has 4 aromatic rings. The number of hydrogen-bond donors (Lipinski definition) is 1. The Morgan fingerprint density at radius 3 is 2.45 bits per heavy atom. The normalized spacial score (nSPS) is 10.8. The standard InChI is InChI=1S/C27H22N2O4/c1-32-23-14-12-21(13-15-23)27(31)33-24-10-4-6-19(16-24)18-28-29-26(30)17-22-9-5-8-20-7-2-3-11-25(20)22/h2-16,18H,17H2,1H3,(H,29,30)/b28-18-. The first kappa shape index (κ1) is 21.8. The average molecular weight is 438 g/mol. The molecular weight excluding hydrogens is 416 g/mol. The van der Waals surface area contributed by atoms with Crippen molar-refractivity contribution >= 4 is 28.9 Å². The summed E-state index contributed by atoms with van der Waals surface area (Å²) in [5, 5.41) is 6.17. The molecule has 0 aliphatic carbocycles. The predicted octanol–water partition coefficient (Wildman–Crippen LogP) is 4.76. The van der Waals surface area contributed by atoms with Gasteiger partial charge < -0.3 is 9.47 Å². The molecule has 1 amide bonds. The van der Waals surface area contributed by atoms with Crippen LogP contribution in [0.2, 0.25) is 0 Å². The lowest BCUT2D eigenvalue weighted by molar-refractivity contribution is -0.120. The maximum Gasteiger partial charge on any atom is 0.343 e. The van der Waals surface area contributed by atoms with Crippen LogP contribution in [0.25, 0.3) is 10.8 Å². The smallest absolute Gasteiger partial charge is 0.343 e. The summed E-state index contributed by atoms with van der Waals surface area (Å²) < 4.78 is 10.5. The van der Waals surface area contributed by atoms with Gasteiger partial charge in [0.25, 0.3) is 0 Å². The van der Waals surface area contributed by atoms with Gasteiger partial charge in [0.2, 0.25) is 5.91 Å². The van der Waals surface area contributed by atoms with Gasteiger partial charge in [0.15, 0.2) is 0 Å². The largest absolute Gasteiger partial charge is 0.497 e. The quantitative estimate of drug-likeness (QED) is 0.195. The van der Waals surface area contributed by atoms with E-state index < -0.39 is 5.97 Å². The molecule has 0 spiro atoms. The van der Waals surface area contributed by atoms with Crippen molar-refractivity contribution in [3.8, 4) is 11.5 Å². The Labute approximate surface area is 191 Å². The number of amides is 1. The zero-order valence-electron chi connectivity index (χ0n) is 18.0. The van der Waals surface area contributed by atoms with Crippen molar-refractivity contribution in [2.45, 2.75) is 6.42 Å². The van der Waals surface area contributed by atoms with Crippen LogP contribution in [-0.2, 0) is 11.2 Å². The maximum absolute atomic E-state index is 12.4. The second kappa shape index (κ2) is 10.2. The first-order valence-corrected chi connectivity index (χ1v) is 10.4. The summed E-state index contributed by atoms with van der Waals surface area (Å²) in [4.78, 5) is 24.7. The number of esters is 1. The van der Waals surface area contributed by atoms with Crippen molar-refractivity contribution < 1.29 is 19.1 Å². The van der Waals surface area contributed by atoms with Crippen molar-refractivity contribution in [3.63, 3.8) is 0 Å². The average Bonchev–Trinajstić information content (AvgIpc) is 2.84. The molecule has 33 heavy (non-hydrogen) atoms. The number of fused-ring (bicyclic) bond motifs is 1. The fourth-order valence-electron chi connectivity index (χ4n) is 3.39. The number of hydrazone groups is 1. The molecule has 0 unspecified atom stereocenters. The molecule has 0 bridgehead atoms. The number of nitrogens with one attached hydrogen (secondary N) is 1. The topological polar surface area (TPSA) is 77.0 Å². The van der Waals surface area contributed by atoms with Crippen LogP contribution in [0.3, 0.4) is 0 Å². The number of rotatable bonds is 7. The Balaban J connectivity index is 1.36. The molecule has 0 radical (unpaired) electrons. The SMILES string of the molecule is COc1ccc(C(=O)Oc2cccc(/C=N\NC(=O)Cc3cccc4ccccc34)c2)cc1. The van der Waals surface area contributed by atoms with E-state index in [0.717, 1.165) is 16.3 Å². The molecule has 6 nitrogen and oxygen atoms in total. The van der Waals surface area contributed by atoms with Gasteiger partial charge in [-0.15, -0.1) is 0 Å². The molecule has 0 atom stereocenters. The third-order valence-electron chi connectivity index (χ3n) is 5.03. The van der Waals surface area contributed by atoms with Gasteiger partial charge in [-0.05, 0) is 58.3 Å². The molecule has 4 rings (SSSR count). The molecule has 0 saturated heterocycles. The van der Waals surface area contributed by atoms with E-state index >= 15 is 0 Å². The minimum absolute atomic E-state index is 0.218. The number of carbonyl (C=O) groups excluding carboxylic acids is 2. The van der Waals surface area contributed by atoms with Crippen LogP contribution in [0.1, 0.15) is 21.5 Å². The van der Waals surface area contributed by atoms with Crippen LogP contribution in [0.4, 0.5) is 0 Å². The molecule has 1 N–H and O–H groups in total. The molecule has 6 heteroatoms. The lowest BCUT2D eigenvalue weighted by Gasteiger charge is -2.06. The summed E-state index contributed by atoms with van der Waals surface area (Å²) in [6.07, 6.45) is 1.73. The van der Waals surface area contributed by atoms with Gasteiger partial charge in [0, 0.05) is 0 Å². The molecule has 0 saturated carbocycles. The first-order valence-electron chi connectivity index (χ1n) is 10.4. The molecule has 0 heterocycles. The highest BCUT2D eigenvalue weighted by molar-refractivity contribution is 5.92. The summed E-state index contributed by atoms with van der Waals surface area (Å²) >= 11 is 0. The zero-order chi connectivity index (χ0) is 23.0. The Kier molecular flexibility index (Phi) is 6.75. The van der Waals surface area contributed by atoms with Crippen molar-refractivity contribution in [2.75, 3.05) is 7.11 Å². The van der Waals surface area contributed by atoms with Crippen LogP contribution >= 0.6 is 0 Å². The van der Waals surface area contributed by atoms with Gasteiger partial charge >= 0.3 is 5.97 Å². The fraction of sp³-hybridized carbons (Fsp3) is 0.0741. The van der Waals surface area contributed by atoms with E-state index in [1.54, 1.807) is 55.6 Å². The summed E-state index contributed by atoms with van der Waals surface area (Å²) in [6.45, 7) is 0. The van der Waals surface area contributed by atoms with Gasteiger partial charge in [-0.2, -0.15) is 5.10 Å². The summed E-state index contributed by atoms with van der Waals surface area (Å²) in [5.41, 5.74) is 4.58. The van der Waals surface area contributed by atoms with E-state index in [2.05, 4.69) is 10.5 Å². The van der Waals surface area contributed by atoms with Crippen LogP contribution in [0.5, 0.6) is 11.5 Å². The molecule has 0 aliphatic rings. The molecule has 0 aromatic heterocycles. The Hall–Kier alpha value is -4.45. The second-order valence-electron chi connectivity index (χ2n) is 7.30. The van der Waals surface area contributed by atoms with Crippen molar-refractivity contribution in [1.29, 1.82) is 0 Å². The number of nitrogens with zero attached hydrogens (tertiary/aromatic N) is 1. The lowest BCUT2D eigenvalue weighted by Crippen LogP contribution is -2.19. The third-order valence-corrected chi connectivity index (χ3v) is 5.03. The minimum Gasteiger partial charge on any atom is -0.497 e. The first-order chi connectivity index (χ1) is 16.1. The van der Waals surface area contributed by atoms with Crippen molar-refractivity contribution in [3.05, 3.63) is 108 Å². The van der Waals surface area contributed by atoms with Gasteiger partial charge in [-0.3, -0.25) is 4.79 Å². The number of benzene rings is 4. The van der Waals surface area contributed by atoms with E-state index in [0.29, 0.717) is 22.6 Å². The van der Waals surface area contributed by atoms with E-state index in [1.807, 2.05) is 42.5 Å². The highest BCUT2D eigenvalue weighted by Crippen LogP contribution is 2.19. The fourth-order valence-corrected chi connectivity index (χ4v) is 3.39. The van der Waals surface area contributed by atoms with Gasteiger partial charge in [0.05, 0.1) is 25.3 Å². The second-order valence-corrected chi connectivity index (χ2v) is 7.30. The molecule has 4 aromatic carbocycles. The predicted molar refractivity (Wildman–Crippen MR) is 128 cm³/mol. The highest BCUT2D eigenvalue weighted by Gasteiger charge is 2.09. The Morgan fingerprint density at radius 2 is 1.64 bits per heavy atom. The Morgan fingerprint density at radius 1 is 0.879 bits per heavy atom. The van der Waals surface area contributed by atoms with E-state index in [9.17, 15) is 9.59 Å². The van der Waals surface area contributed by atoms with Gasteiger partial charge in [-0.25, -0.2) is 10.2 Å². The summed E-state index contributed by atoms with van der Waals surface area (Å²) in [6, 6.07) is 27.4. The van der Waals surface area contributed by atoms with Crippen LogP contribution < -0.4 is 14.9 Å². The molecule has 0 fully saturated rings. The van der Waals surface area contributed by atoms with Crippen LogP contribution in [0, 0.1) is 0 Å². The molecule has 0 aliphatic heterocycles. The maximum atomic E-state index is 12.4. The van der Waals surface area contributed by atoms with Crippen molar-refractivity contribution in [1.82, 2.24) is 5.43 Å². The summed E-state index contributed by atoms with van der Waals surface area (Å²) in [5.74, 6) is 0.342. The lowest BCUT2D eigenvalue weighted by atomic mass is 10.0. The zero-order valence-corrected chi connectivity index (χ0v) is 18.0. The third kappa shape index (κ3) is 5.62. The van der Waals surface area contributed by atoms with E-state index in [4.69, 9.17) is 9.47 Å². The number of methoxy groups -OCH3 is 1. The van der Waals surface area contributed by atoms with Gasteiger partial charge in [0.1, 0.15) is 11.5 Å². The van der Waals surface area contributed by atoms with E-state index in [1.165, 1.54) is 6.21 Å². The summed E-state index contributed by atoms with van der Waals surface area (Å²) in [7, 11) is 1.56. The van der Waals surface area contributed by atoms with Crippen molar-refractivity contribution in [2.24, 2.45) is 5.10 Å². The van der Waals surface area contributed by atoms with E-state index in [-0.39, 0.29) is 12.3 Å². The number of ether oxygens (including phenoxy) is 2. The van der Waals surface area contributed by atoms with Gasteiger partial charge in [-0.1, -0.05) is 54.6 Å². The number of carbonyl (C=O) groups is 2. The molecule has 164 valence electrons. The highest BCUT2D eigenvalue weighted by atomic mass is 16.5.